The number of aryl methyl sites for hydroxylation is 2. The van der Waals surface area contributed by atoms with Crippen molar-refractivity contribution in [2.75, 3.05) is 0 Å². The molecular weight excluding hydrogens is 386 g/mol. The standard InChI is InChI=1S/C26H25N3O2/c1-18(12-13-20-8-4-3-5-9-20)27-25(30)21-14-16-22(17-15-21)29-19(2)28-24-11-7-6-10-23(24)26(29)31/h3-11,14-18H,12-13H2,1-2H3,(H,27,30)/t18-/m0/s1. The molecule has 4 aromatic rings. The van der Waals surface area contributed by atoms with E-state index in [1.165, 1.54) is 5.56 Å². The predicted octanol–water partition coefficient (Wildman–Crippen LogP) is 4.45. The number of amides is 1. The Bertz CT molecular complexity index is 1260. The number of hydrogen-bond donors (Lipinski definition) is 1. The van der Waals surface area contributed by atoms with Crippen molar-refractivity contribution < 1.29 is 4.79 Å². The maximum absolute atomic E-state index is 12.9. The second-order valence-electron chi connectivity index (χ2n) is 7.76. The largest absolute Gasteiger partial charge is 0.350 e. The number of para-hydroxylation sites is 1. The van der Waals surface area contributed by atoms with Crippen LogP contribution < -0.4 is 10.9 Å². The van der Waals surface area contributed by atoms with E-state index in [1.807, 2.05) is 50.2 Å². The number of aromatic nitrogens is 2. The van der Waals surface area contributed by atoms with E-state index in [2.05, 4.69) is 22.4 Å². The summed E-state index contributed by atoms with van der Waals surface area (Å²) in [6.45, 7) is 3.82. The van der Waals surface area contributed by atoms with Crippen LogP contribution in [0.25, 0.3) is 16.6 Å². The van der Waals surface area contributed by atoms with Crippen LogP contribution in [0.1, 0.15) is 35.1 Å². The molecule has 1 amide bonds. The molecule has 4 rings (SSSR count). The van der Waals surface area contributed by atoms with Crippen LogP contribution in [-0.4, -0.2) is 21.5 Å². The summed E-state index contributed by atoms with van der Waals surface area (Å²) in [6.07, 6.45) is 1.78. The van der Waals surface area contributed by atoms with Crippen LogP contribution in [0, 0.1) is 6.92 Å². The number of nitrogens with one attached hydrogen (secondary N) is 1. The fraction of sp³-hybridized carbons (Fsp3) is 0.192. The van der Waals surface area contributed by atoms with Crippen LogP contribution in [0.15, 0.2) is 83.7 Å². The van der Waals surface area contributed by atoms with Gasteiger partial charge in [-0.25, -0.2) is 4.98 Å². The van der Waals surface area contributed by atoms with Gasteiger partial charge >= 0.3 is 0 Å². The Morgan fingerprint density at radius 1 is 0.968 bits per heavy atom. The number of carbonyl (C=O) groups is 1. The maximum atomic E-state index is 12.9. The van der Waals surface area contributed by atoms with Gasteiger partial charge in [0.1, 0.15) is 5.82 Å². The first-order valence-corrected chi connectivity index (χ1v) is 10.5. The molecule has 0 aliphatic heterocycles. The fourth-order valence-electron chi connectivity index (χ4n) is 3.72. The van der Waals surface area contributed by atoms with Crippen LogP contribution in [0.3, 0.4) is 0 Å². The normalized spacial score (nSPS) is 11.9. The number of carbonyl (C=O) groups excluding carboxylic acids is 1. The monoisotopic (exact) mass is 411 g/mol. The Hall–Kier alpha value is -3.73. The zero-order chi connectivity index (χ0) is 21.8. The molecule has 0 saturated carbocycles. The Kier molecular flexibility index (Phi) is 5.94. The smallest absolute Gasteiger partial charge is 0.265 e. The first-order valence-electron chi connectivity index (χ1n) is 10.5. The molecule has 1 aromatic heterocycles. The molecule has 156 valence electrons. The summed E-state index contributed by atoms with van der Waals surface area (Å²) in [5.74, 6) is 0.489. The summed E-state index contributed by atoms with van der Waals surface area (Å²) in [5.41, 5.74) is 3.08. The third kappa shape index (κ3) is 4.56. The van der Waals surface area contributed by atoms with Gasteiger partial charge in [0.05, 0.1) is 16.6 Å². The van der Waals surface area contributed by atoms with Crippen LogP contribution in [0.4, 0.5) is 0 Å². The average Bonchev–Trinajstić information content (AvgIpc) is 2.79. The van der Waals surface area contributed by atoms with Crippen molar-refractivity contribution in [1.82, 2.24) is 14.9 Å². The van der Waals surface area contributed by atoms with Crippen LogP contribution in [-0.2, 0) is 6.42 Å². The summed E-state index contributed by atoms with van der Waals surface area (Å²) in [4.78, 5) is 30.1. The second-order valence-corrected chi connectivity index (χ2v) is 7.76. The first kappa shape index (κ1) is 20.5. The molecule has 0 saturated heterocycles. The van der Waals surface area contributed by atoms with Crippen molar-refractivity contribution in [1.29, 1.82) is 0 Å². The van der Waals surface area contributed by atoms with Gasteiger partial charge in [-0.1, -0.05) is 42.5 Å². The van der Waals surface area contributed by atoms with Gasteiger partial charge in [0.15, 0.2) is 0 Å². The number of benzene rings is 3. The minimum atomic E-state index is -0.118. The molecule has 0 aliphatic carbocycles. The van der Waals surface area contributed by atoms with Gasteiger partial charge in [0.2, 0.25) is 0 Å². The lowest BCUT2D eigenvalue weighted by Crippen LogP contribution is -2.32. The number of hydrogen-bond acceptors (Lipinski definition) is 3. The fourth-order valence-corrected chi connectivity index (χ4v) is 3.72. The lowest BCUT2D eigenvalue weighted by Gasteiger charge is -2.15. The summed E-state index contributed by atoms with van der Waals surface area (Å²) in [7, 11) is 0. The highest BCUT2D eigenvalue weighted by atomic mass is 16.1. The maximum Gasteiger partial charge on any atom is 0.265 e. The molecule has 5 nitrogen and oxygen atoms in total. The Morgan fingerprint density at radius 3 is 2.39 bits per heavy atom. The van der Waals surface area contributed by atoms with Crippen molar-refractivity contribution in [2.45, 2.75) is 32.7 Å². The van der Waals surface area contributed by atoms with Crippen molar-refractivity contribution in [3.05, 3.63) is 106 Å². The molecule has 1 atom stereocenters. The van der Waals surface area contributed by atoms with Crippen molar-refractivity contribution >= 4 is 16.8 Å². The number of rotatable bonds is 6. The lowest BCUT2D eigenvalue weighted by molar-refractivity contribution is 0.0938. The third-order valence-corrected chi connectivity index (χ3v) is 5.42. The summed E-state index contributed by atoms with van der Waals surface area (Å²) in [6, 6.07) is 24.7. The SMILES string of the molecule is Cc1nc2ccccc2c(=O)n1-c1ccc(C(=O)N[C@@H](C)CCc2ccccc2)cc1. The first-order chi connectivity index (χ1) is 15.0. The van der Waals surface area contributed by atoms with Crippen LogP contribution >= 0.6 is 0 Å². The molecule has 0 aliphatic rings. The van der Waals surface area contributed by atoms with Crippen molar-refractivity contribution in [2.24, 2.45) is 0 Å². The van der Waals surface area contributed by atoms with Gasteiger partial charge < -0.3 is 5.32 Å². The molecule has 5 heteroatoms. The van der Waals surface area contributed by atoms with Crippen molar-refractivity contribution in [3.8, 4) is 5.69 Å². The summed E-state index contributed by atoms with van der Waals surface area (Å²) in [5, 5.41) is 3.62. The topological polar surface area (TPSA) is 64.0 Å². The molecule has 0 bridgehead atoms. The van der Waals surface area contributed by atoms with Crippen LogP contribution in [0.2, 0.25) is 0 Å². The van der Waals surface area contributed by atoms with Crippen molar-refractivity contribution in [3.63, 3.8) is 0 Å². The van der Waals surface area contributed by atoms with Gasteiger partial charge in [-0.05, 0) is 68.7 Å². The number of fused-ring (bicyclic) bond motifs is 1. The van der Waals surface area contributed by atoms with E-state index in [0.29, 0.717) is 28.0 Å². The molecule has 0 unspecified atom stereocenters. The summed E-state index contributed by atoms with van der Waals surface area (Å²) >= 11 is 0. The molecule has 31 heavy (non-hydrogen) atoms. The van der Waals surface area contributed by atoms with Gasteiger partial charge in [-0.3, -0.25) is 14.2 Å². The average molecular weight is 412 g/mol. The van der Waals surface area contributed by atoms with E-state index in [1.54, 1.807) is 34.9 Å². The lowest BCUT2D eigenvalue weighted by atomic mass is 10.1. The molecule has 0 fully saturated rings. The second kappa shape index (κ2) is 8.96. The zero-order valence-corrected chi connectivity index (χ0v) is 17.7. The molecule has 0 spiro atoms. The third-order valence-electron chi connectivity index (χ3n) is 5.42. The number of nitrogens with zero attached hydrogens (tertiary/aromatic N) is 2. The Morgan fingerprint density at radius 2 is 1.65 bits per heavy atom. The molecule has 1 N–H and O–H groups in total. The van der Waals surface area contributed by atoms with E-state index in [0.717, 1.165) is 12.8 Å². The highest BCUT2D eigenvalue weighted by molar-refractivity contribution is 5.94. The molecule has 3 aromatic carbocycles. The van der Waals surface area contributed by atoms with E-state index in [9.17, 15) is 9.59 Å². The van der Waals surface area contributed by atoms with E-state index in [-0.39, 0.29) is 17.5 Å². The van der Waals surface area contributed by atoms with Crippen LogP contribution in [0.5, 0.6) is 0 Å². The zero-order valence-electron chi connectivity index (χ0n) is 17.7. The Balaban J connectivity index is 1.47. The van der Waals surface area contributed by atoms with Gasteiger partial charge in [0, 0.05) is 11.6 Å². The minimum absolute atomic E-state index is 0.0573. The van der Waals surface area contributed by atoms with E-state index in [4.69, 9.17) is 0 Å². The molecule has 1 heterocycles. The van der Waals surface area contributed by atoms with E-state index < -0.39 is 0 Å². The van der Waals surface area contributed by atoms with E-state index >= 15 is 0 Å². The minimum Gasteiger partial charge on any atom is -0.350 e. The highest BCUT2D eigenvalue weighted by Crippen LogP contribution is 2.14. The van der Waals surface area contributed by atoms with Gasteiger partial charge in [-0.15, -0.1) is 0 Å². The quantitative estimate of drug-likeness (QED) is 0.510. The molecule has 0 radical (unpaired) electrons. The van der Waals surface area contributed by atoms with Gasteiger partial charge in [0.25, 0.3) is 11.5 Å². The highest BCUT2D eigenvalue weighted by Gasteiger charge is 2.13. The van der Waals surface area contributed by atoms with Gasteiger partial charge in [-0.2, -0.15) is 0 Å². The Labute approximate surface area is 181 Å². The predicted molar refractivity (Wildman–Crippen MR) is 124 cm³/mol. The summed E-state index contributed by atoms with van der Waals surface area (Å²) < 4.78 is 1.58. The molecular formula is C26H25N3O2.